The highest BCUT2D eigenvalue weighted by atomic mass is 35.5. The number of alkyl halides is 1. The SMILES string of the molecule is CC(Cl)C1CCN(C(=O)C2(C)CCCS2)CC1. The molecule has 2 aliphatic heterocycles. The van der Waals surface area contributed by atoms with Gasteiger partial charge in [0.05, 0.1) is 4.75 Å². The van der Waals surface area contributed by atoms with Gasteiger partial charge in [-0.2, -0.15) is 0 Å². The van der Waals surface area contributed by atoms with E-state index in [9.17, 15) is 4.79 Å². The first kappa shape index (κ1) is 13.5. The monoisotopic (exact) mass is 275 g/mol. The average Bonchev–Trinajstić information content (AvgIpc) is 2.76. The van der Waals surface area contributed by atoms with Crippen molar-refractivity contribution >= 4 is 29.3 Å². The normalized spacial score (nSPS) is 32.8. The van der Waals surface area contributed by atoms with Crippen LogP contribution in [0.3, 0.4) is 0 Å². The van der Waals surface area contributed by atoms with E-state index in [1.54, 1.807) is 0 Å². The Hall–Kier alpha value is 0.110. The minimum Gasteiger partial charge on any atom is -0.341 e. The van der Waals surface area contributed by atoms with Crippen LogP contribution in [0.25, 0.3) is 0 Å². The molecule has 2 rings (SSSR count). The van der Waals surface area contributed by atoms with E-state index in [2.05, 4.69) is 18.7 Å². The first-order chi connectivity index (χ1) is 8.03. The molecular formula is C13H22ClNOS. The molecule has 0 bridgehead atoms. The highest BCUT2D eigenvalue weighted by Gasteiger charge is 2.41. The zero-order valence-electron chi connectivity index (χ0n) is 10.7. The van der Waals surface area contributed by atoms with E-state index < -0.39 is 0 Å². The number of hydrogen-bond donors (Lipinski definition) is 0. The summed E-state index contributed by atoms with van der Waals surface area (Å²) in [5, 5.41) is 0.240. The first-order valence-electron chi connectivity index (χ1n) is 6.60. The summed E-state index contributed by atoms with van der Waals surface area (Å²) >= 11 is 7.97. The van der Waals surface area contributed by atoms with E-state index in [0.717, 1.165) is 38.1 Å². The lowest BCUT2D eigenvalue weighted by molar-refractivity contribution is -0.134. The number of halogens is 1. The van der Waals surface area contributed by atoms with Crippen molar-refractivity contribution in [2.24, 2.45) is 5.92 Å². The molecule has 0 aromatic carbocycles. The Morgan fingerprint density at radius 2 is 2.12 bits per heavy atom. The Morgan fingerprint density at radius 3 is 2.59 bits per heavy atom. The van der Waals surface area contributed by atoms with Crippen molar-refractivity contribution < 1.29 is 4.79 Å². The molecule has 2 atom stereocenters. The van der Waals surface area contributed by atoms with Crippen LogP contribution in [0.4, 0.5) is 0 Å². The lowest BCUT2D eigenvalue weighted by Gasteiger charge is -2.37. The number of carbonyl (C=O) groups is 1. The number of likely N-dealkylation sites (tertiary alicyclic amines) is 1. The van der Waals surface area contributed by atoms with Crippen LogP contribution >= 0.6 is 23.4 Å². The standard InChI is InChI=1S/C13H22ClNOS/c1-10(14)11-4-7-15(8-5-11)12(16)13(2)6-3-9-17-13/h10-11H,3-9H2,1-2H3. The second-order valence-electron chi connectivity index (χ2n) is 5.49. The second-order valence-corrected chi connectivity index (χ2v) is 7.78. The molecule has 0 aromatic heterocycles. The van der Waals surface area contributed by atoms with E-state index in [0.29, 0.717) is 11.8 Å². The Morgan fingerprint density at radius 1 is 1.47 bits per heavy atom. The molecule has 0 spiro atoms. The number of piperidine rings is 1. The predicted molar refractivity (Wildman–Crippen MR) is 74.7 cm³/mol. The van der Waals surface area contributed by atoms with E-state index >= 15 is 0 Å². The third-order valence-electron chi connectivity index (χ3n) is 4.15. The van der Waals surface area contributed by atoms with Crippen molar-refractivity contribution in [3.8, 4) is 0 Å². The molecule has 0 radical (unpaired) electrons. The van der Waals surface area contributed by atoms with Crippen LogP contribution in [0.15, 0.2) is 0 Å². The van der Waals surface area contributed by atoms with Gasteiger partial charge in [-0.25, -0.2) is 0 Å². The van der Waals surface area contributed by atoms with Crippen molar-refractivity contribution in [3.63, 3.8) is 0 Å². The van der Waals surface area contributed by atoms with Crippen LogP contribution in [0, 0.1) is 5.92 Å². The fourth-order valence-electron chi connectivity index (χ4n) is 2.84. The number of hydrogen-bond acceptors (Lipinski definition) is 2. The zero-order valence-corrected chi connectivity index (χ0v) is 12.3. The van der Waals surface area contributed by atoms with Crippen LogP contribution in [0.5, 0.6) is 0 Å². The molecule has 0 saturated carbocycles. The van der Waals surface area contributed by atoms with Gasteiger partial charge in [-0.15, -0.1) is 23.4 Å². The van der Waals surface area contributed by atoms with E-state index in [4.69, 9.17) is 11.6 Å². The Bertz CT molecular complexity index is 281. The number of amides is 1. The van der Waals surface area contributed by atoms with Gasteiger partial charge in [-0.3, -0.25) is 4.79 Å². The minimum atomic E-state index is -0.139. The topological polar surface area (TPSA) is 20.3 Å². The van der Waals surface area contributed by atoms with Crippen LogP contribution < -0.4 is 0 Å². The summed E-state index contributed by atoms with van der Waals surface area (Å²) in [6, 6.07) is 0. The lowest BCUT2D eigenvalue weighted by atomic mass is 9.92. The Kier molecular flexibility index (Phi) is 4.30. The van der Waals surface area contributed by atoms with Crippen LogP contribution in [-0.4, -0.2) is 39.8 Å². The number of rotatable bonds is 2. The molecule has 2 aliphatic rings. The summed E-state index contributed by atoms with van der Waals surface area (Å²) in [5.41, 5.74) is 0. The highest BCUT2D eigenvalue weighted by molar-refractivity contribution is 8.01. The second kappa shape index (κ2) is 5.40. The van der Waals surface area contributed by atoms with E-state index in [-0.39, 0.29) is 10.1 Å². The van der Waals surface area contributed by atoms with Gasteiger partial charge in [-0.1, -0.05) is 0 Å². The highest BCUT2D eigenvalue weighted by Crippen LogP contribution is 2.40. The Balaban J connectivity index is 1.90. The third-order valence-corrected chi connectivity index (χ3v) is 6.01. The maximum atomic E-state index is 12.5. The van der Waals surface area contributed by atoms with Crippen molar-refractivity contribution in [3.05, 3.63) is 0 Å². The smallest absolute Gasteiger partial charge is 0.238 e. The lowest BCUT2D eigenvalue weighted by Crippen LogP contribution is -2.48. The largest absolute Gasteiger partial charge is 0.341 e. The van der Waals surface area contributed by atoms with Crippen molar-refractivity contribution in [1.29, 1.82) is 0 Å². The fraction of sp³-hybridized carbons (Fsp3) is 0.923. The summed E-state index contributed by atoms with van der Waals surface area (Å²) in [6.07, 6.45) is 4.36. The molecule has 0 aromatic rings. The molecule has 17 heavy (non-hydrogen) atoms. The van der Waals surface area contributed by atoms with E-state index in [1.165, 1.54) is 6.42 Å². The molecule has 4 heteroatoms. The maximum Gasteiger partial charge on any atom is 0.238 e. The number of nitrogens with zero attached hydrogens (tertiary/aromatic N) is 1. The average molecular weight is 276 g/mol. The molecule has 2 nitrogen and oxygen atoms in total. The summed E-state index contributed by atoms with van der Waals surface area (Å²) < 4.78 is -0.139. The summed E-state index contributed by atoms with van der Waals surface area (Å²) in [5.74, 6) is 2.09. The van der Waals surface area contributed by atoms with Crippen molar-refractivity contribution in [1.82, 2.24) is 4.90 Å². The fourth-order valence-corrected chi connectivity index (χ4v) is 4.38. The molecule has 2 saturated heterocycles. The summed E-state index contributed by atoms with van der Waals surface area (Å²) in [7, 11) is 0. The number of thioether (sulfide) groups is 1. The van der Waals surface area contributed by atoms with Gasteiger partial charge in [-0.05, 0) is 51.2 Å². The first-order valence-corrected chi connectivity index (χ1v) is 8.02. The molecule has 2 unspecified atom stereocenters. The molecule has 1 amide bonds. The molecule has 98 valence electrons. The van der Waals surface area contributed by atoms with Crippen molar-refractivity contribution in [2.45, 2.75) is 49.7 Å². The summed E-state index contributed by atoms with van der Waals surface area (Å²) in [6.45, 7) is 5.98. The van der Waals surface area contributed by atoms with Gasteiger partial charge in [0.15, 0.2) is 0 Å². The number of carbonyl (C=O) groups excluding carboxylic acids is 1. The van der Waals surface area contributed by atoms with Crippen LogP contribution in [0.1, 0.15) is 39.5 Å². The van der Waals surface area contributed by atoms with Gasteiger partial charge < -0.3 is 4.90 Å². The van der Waals surface area contributed by atoms with Crippen LogP contribution in [-0.2, 0) is 4.79 Å². The van der Waals surface area contributed by atoms with Gasteiger partial charge >= 0.3 is 0 Å². The minimum absolute atomic E-state index is 0.139. The van der Waals surface area contributed by atoms with Gasteiger partial charge in [0.25, 0.3) is 0 Å². The third kappa shape index (κ3) is 2.93. The summed E-state index contributed by atoms with van der Waals surface area (Å²) in [4.78, 5) is 14.5. The van der Waals surface area contributed by atoms with E-state index in [1.807, 2.05) is 11.8 Å². The van der Waals surface area contributed by atoms with Crippen LogP contribution in [0.2, 0.25) is 0 Å². The molecule has 2 fully saturated rings. The molecule has 2 heterocycles. The van der Waals surface area contributed by atoms with Crippen molar-refractivity contribution in [2.75, 3.05) is 18.8 Å². The molecule has 0 aliphatic carbocycles. The predicted octanol–water partition coefficient (Wildman–Crippen LogP) is 3.14. The molecular weight excluding hydrogens is 254 g/mol. The van der Waals surface area contributed by atoms with Gasteiger partial charge in [0.1, 0.15) is 0 Å². The quantitative estimate of drug-likeness (QED) is 0.722. The molecule has 0 N–H and O–H groups in total. The Labute approximate surface area is 113 Å². The zero-order chi connectivity index (χ0) is 12.5. The van der Waals surface area contributed by atoms with Gasteiger partial charge in [0.2, 0.25) is 5.91 Å². The maximum absolute atomic E-state index is 12.5. The van der Waals surface area contributed by atoms with Gasteiger partial charge in [0, 0.05) is 18.5 Å².